The molecular weight excluding hydrogens is 272 g/mol. The molecule has 1 atom stereocenters. The fraction of sp³-hybridized carbons (Fsp3) is 0.375. The van der Waals surface area contributed by atoms with E-state index in [1.165, 1.54) is 26.2 Å². The summed E-state index contributed by atoms with van der Waals surface area (Å²) in [5.74, 6) is -0.0266. The molecule has 0 aliphatic heterocycles. The van der Waals surface area contributed by atoms with Gasteiger partial charge in [0.25, 0.3) is 0 Å². The van der Waals surface area contributed by atoms with E-state index in [4.69, 9.17) is 14.2 Å². The van der Waals surface area contributed by atoms with Crippen molar-refractivity contribution >= 4 is 11.8 Å². The average Bonchev–Trinajstić information content (AvgIpc) is 2.47. The van der Waals surface area contributed by atoms with Gasteiger partial charge in [0.15, 0.2) is 23.4 Å². The number of carbonyl (C=O) groups is 2. The third-order valence-electron chi connectivity index (χ3n) is 2.80. The van der Waals surface area contributed by atoms with Crippen LogP contribution >= 0.6 is 0 Å². The van der Waals surface area contributed by atoms with Crippen LogP contribution in [0.15, 0.2) is 30.9 Å². The van der Waals surface area contributed by atoms with Crippen LogP contribution in [0.3, 0.4) is 0 Å². The van der Waals surface area contributed by atoms with Gasteiger partial charge in [-0.15, -0.1) is 6.58 Å². The molecule has 0 heterocycles. The Morgan fingerprint density at radius 1 is 1.33 bits per heavy atom. The minimum Gasteiger partial charge on any atom is -0.493 e. The first-order valence-corrected chi connectivity index (χ1v) is 6.62. The third-order valence-corrected chi connectivity index (χ3v) is 2.80. The van der Waals surface area contributed by atoms with Gasteiger partial charge in [-0.25, -0.2) is 4.79 Å². The van der Waals surface area contributed by atoms with Crippen molar-refractivity contribution in [1.82, 2.24) is 0 Å². The zero-order valence-electron chi connectivity index (χ0n) is 12.5. The first kappa shape index (κ1) is 16.9. The van der Waals surface area contributed by atoms with Crippen LogP contribution in [-0.2, 0) is 9.53 Å². The highest BCUT2D eigenvalue weighted by molar-refractivity contribution is 5.94. The lowest BCUT2D eigenvalue weighted by atomic mass is 10.1. The molecule has 0 aliphatic carbocycles. The standard InChI is InChI=1S/C16H20O5/c1-5-6-9-20-12(3)16(18)21-14-8-7-13(11(2)17)10-15(14)19-4/h5,7-8,10,12H,1,6,9H2,2-4H3. The largest absolute Gasteiger partial charge is 0.493 e. The first-order chi connectivity index (χ1) is 9.99. The van der Waals surface area contributed by atoms with Crippen LogP contribution in [0, 0.1) is 0 Å². The van der Waals surface area contributed by atoms with Gasteiger partial charge in [0, 0.05) is 5.56 Å². The van der Waals surface area contributed by atoms with Crippen LogP contribution < -0.4 is 9.47 Å². The molecule has 0 amide bonds. The number of hydrogen-bond donors (Lipinski definition) is 0. The molecule has 0 aliphatic rings. The summed E-state index contributed by atoms with van der Waals surface area (Å²) in [5.41, 5.74) is 0.488. The Balaban J connectivity index is 2.75. The summed E-state index contributed by atoms with van der Waals surface area (Å²) in [5, 5.41) is 0. The van der Waals surface area contributed by atoms with E-state index in [9.17, 15) is 9.59 Å². The molecule has 0 fully saturated rings. The van der Waals surface area contributed by atoms with Crippen molar-refractivity contribution in [2.45, 2.75) is 26.4 Å². The number of hydrogen-bond acceptors (Lipinski definition) is 5. The van der Waals surface area contributed by atoms with Gasteiger partial charge in [0.1, 0.15) is 0 Å². The van der Waals surface area contributed by atoms with Crippen molar-refractivity contribution in [2.24, 2.45) is 0 Å². The fourth-order valence-corrected chi connectivity index (χ4v) is 1.56. The lowest BCUT2D eigenvalue weighted by molar-refractivity contribution is -0.146. The summed E-state index contributed by atoms with van der Waals surface area (Å²) in [6.45, 7) is 7.05. The minimum atomic E-state index is -0.692. The average molecular weight is 292 g/mol. The van der Waals surface area contributed by atoms with E-state index in [0.29, 0.717) is 24.3 Å². The summed E-state index contributed by atoms with van der Waals surface area (Å²) >= 11 is 0. The summed E-state index contributed by atoms with van der Waals surface area (Å²) < 4.78 is 15.7. The van der Waals surface area contributed by atoms with E-state index in [1.807, 2.05) is 0 Å². The van der Waals surface area contributed by atoms with Crippen LogP contribution in [0.4, 0.5) is 0 Å². The fourth-order valence-electron chi connectivity index (χ4n) is 1.56. The zero-order chi connectivity index (χ0) is 15.8. The maximum Gasteiger partial charge on any atom is 0.340 e. The molecule has 0 saturated carbocycles. The molecule has 5 heteroatoms. The van der Waals surface area contributed by atoms with Gasteiger partial charge in [0.05, 0.1) is 13.7 Å². The highest BCUT2D eigenvalue weighted by Crippen LogP contribution is 2.28. The van der Waals surface area contributed by atoms with Gasteiger partial charge in [-0.2, -0.15) is 0 Å². The molecule has 5 nitrogen and oxygen atoms in total. The maximum absolute atomic E-state index is 11.9. The lowest BCUT2D eigenvalue weighted by Gasteiger charge is -2.14. The van der Waals surface area contributed by atoms with Gasteiger partial charge < -0.3 is 14.2 Å². The highest BCUT2D eigenvalue weighted by Gasteiger charge is 2.18. The maximum atomic E-state index is 11.9. The molecule has 114 valence electrons. The van der Waals surface area contributed by atoms with Crippen LogP contribution in [0.5, 0.6) is 11.5 Å². The second-order valence-corrected chi connectivity index (χ2v) is 4.43. The van der Waals surface area contributed by atoms with E-state index in [2.05, 4.69) is 6.58 Å². The van der Waals surface area contributed by atoms with Crippen molar-refractivity contribution in [1.29, 1.82) is 0 Å². The molecule has 0 bridgehead atoms. The van der Waals surface area contributed by atoms with Crippen molar-refractivity contribution in [2.75, 3.05) is 13.7 Å². The topological polar surface area (TPSA) is 61.8 Å². The Hall–Kier alpha value is -2.14. The summed E-state index contributed by atoms with van der Waals surface area (Å²) in [7, 11) is 1.45. The molecule has 1 rings (SSSR count). The molecule has 0 N–H and O–H groups in total. The molecule has 21 heavy (non-hydrogen) atoms. The van der Waals surface area contributed by atoms with Crippen LogP contribution in [0.2, 0.25) is 0 Å². The zero-order valence-corrected chi connectivity index (χ0v) is 12.5. The van der Waals surface area contributed by atoms with Gasteiger partial charge in [-0.05, 0) is 38.5 Å². The van der Waals surface area contributed by atoms with E-state index in [1.54, 1.807) is 19.1 Å². The molecule has 1 aromatic rings. The molecule has 0 saturated heterocycles. The first-order valence-electron chi connectivity index (χ1n) is 6.62. The lowest BCUT2D eigenvalue weighted by Crippen LogP contribution is -2.26. The molecule has 0 spiro atoms. The van der Waals surface area contributed by atoms with Crippen molar-refractivity contribution in [3.8, 4) is 11.5 Å². The van der Waals surface area contributed by atoms with E-state index >= 15 is 0 Å². The quantitative estimate of drug-likeness (QED) is 0.242. The molecule has 1 unspecified atom stereocenters. The Bertz CT molecular complexity index is 521. The SMILES string of the molecule is C=CCCOC(C)C(=O)Oc1ccc(C(C)=O)cc1OC. The van der Waals surface area contributed by atoms with E-state index < -0.39 is 12.1 Å². The van der Waals surface area contributed by atoms with Crippen molar-refractivity contribution in [3.05, 3.63) is 36.4 Å². The second-order valence-electron chi connectivity index (χ2n) is 4.43. The van der Waals surface area contributed by atoms with Gasteiger partial charge >= 0.3 is 5.97 Å². The summed E-state index contributed by atoms with van der Waals surface area (Å²) in [6, 6.07) is 4.65. The number of ketones is 1. The van der Waals surface area contributed by atoms with E-state index in [-0.39, 0.29) is 11.5 Å². The Kier molecular flexibility index (Phi) is 6.62. The second kappa shape index (κ2) is 8.21. The number of rotatable bonds is 8. The summed E-state index contributed by atoms with van der Waals surface area (Å²) in [6.07, 6.45) is 1.68. The predicted octanol–water partition coefficient (Wildman–Crippen LogP) is 2.78. The molecule has 0 aromatic heterocycles. The predicted molar refractivity (Wildman–Crippen MR) is 78.9 cm³/mol. The van der Waals surface area contributed by atoms with Gasteiger partial charge in [0.2, 0.25) is 0 Å². The van der Waals surface area contributed by atoms with Crippen molar-refractivity contribution in [3.63, 3.8) is 0 Å². The smallest absolute Gasteiger partial charge is 0.340 e. The number of esters is 1. The molecule has 1 aromatic carbocycles. The number of methoxy groups -OCH3 is 1. The molecular formula is C16H20O5. The van der Waals surface area contributed by atoms with Crippen molar-refractivity contribution < 1.29 is 23.8 Å². The van der Waals surface area contributed by atoms with Crippen LogP contribution in [0.25, 0.3) is 0 Å². The Morgan fingerprint density at radius 3 is 2.62 bits per heavy atom. The minimum absolute atomic E-state index is 0.0905. The number of carbonyl (C=O) groups excluding carboxylic acids is 2. The van der Waals surface area contributed by atoms with Crippen LogP contribution in [-0.4, -0.2) is 31.6 Å². The molecule has 0 radical (unpaired) electrons. The van der Waals surface area contributed by atoms with Gasteiger partial charge in [-0.1, -0.05) is 6.08 Å². The summed E-state index contributed by atoms with van der Waals surface area (Å²) in [4.78, 5) is 23.2. The van der Waals surface area contributed by atoms with Crippen LogP contribution in [0.1, 0.15) is 30.6 Å². The third kappa shape index (κ3) is 5.04. The highest BCUT2D eigenvalue weighted by atomic mass is 16.6. The number of Topliss-reactive ketones (excluding diaryl/α,β-unsaturated/α-hetero) is 1. The number of benzene rings is 1. The van der Waals surface area contributed by atoms with Gasteiger partial charge in [-0.3, -0.25) is 4.79 Å². The Morgan fingerprint density at radius 2 is 2.05 bits per heavy atom. The monoisotopic (exact) mass is 292 g/mol. The van der Waals surface area contributed by atoms with E-state index in [0.717, 1.165) is 0 Å². The number of ether oxygens (including phenoxy) is 3. The Labute approximate surface area is 124 Å². The normalized spacial score (nSPS) is 11.6.